The van der Waals surface area contributed by atoms with Gasteiger partial charge in [0, 0.05) is 12.1 Å². The highest BCUT2D eigenvalue weighted by Crippen LogP contribution is 2.31. The van der Waals surface area contributed by atoms with Gasteiger partial charge >= 0.3 is 11.7 Å². The van der Waals surface area contributed by atoms with Crippen LogP contribution >= 0.6 is 0 Å². The zero-order valence-electron chi connectivity index (χ0n) is 8.28. The topological polar surface area (TPSA) is 110 Å². The van der Waals surface area contributed by atoms with E-state index in [1.54, 1.807) is 0 Å². The van der Waals surface area contributed by atoms with Crippen molar-refractivity contribution < 1.29 is 24.7 Å². The fraction of sp³-hybridized carbons (Fsp3) is 0.222. The Labute approximate surface area is 90.0 Å². The van der Waals surface area contributed by atoms with Gasteiger partial charge in [-0.2, -0.15) is 0 Å². The summed E-state index contributed by atoms with van der Waals surface area (Å²) in [5, 5.41) is 28.3. The van der Waals surface area contributed by atoms with Crippen molar-refractivity contribution in [1.82, 2.24) is 0 Å². The van der Waals surface area contributed by atoms with Crippen LogP contribution in [0.25, 0.3) is 0 Å². The number of hydrogen-bond acceptors (Lipinski definition) is 5. The monoisotopic (exact) mass is 227 g/mol. The molecule has 1 aromatic rings. The lowest BCUT2D eigenvalue weighted by Crippen LogP contribution is -2.23. The van der Waals surface area contributed by atoms with Gasteiger partial charge in [0.2, 0.25) is 5.75 Å². The molecule has 0 aromatic heterocycles. The fourth-order valence-corrected chi connectivity index (χ4v) is 0.989. The number of aromatic hydroxyl groups is 1. The normalized spacial score (nSPS) is 11.8. The summed E-state index contributed by atoms with van der Waals surface area (Å²) in [6, 6.07) is 3.16. The summed E-state index contributed by atoms with van der Waals surface area (Å²) < 4.78 is 4.85. The molecule has 0 heterocycles. The van der Waals surface area contributed by atoms with E-state index in [2.05, 4.69) is 0 Å². The van der Waals surface area contributed by atoms with Crippen LogP contribution in [0.15, 0.2) is 18.2 Å². The highest BCUT2D eigenvalue weighted by atomic mass is 16.6. The minimum Gasteiger partial charge on any atom is -0.508 e. The largest absolute Gasteiger partial charge is 0.508 e. The molecule has 0 radical (unpaired) electrons. The van der Waals surface area contributed by atoms with Crippen LogP contribution < -0.4 is 4.74 Å². The number of carbonyl (C=O) groups is 1. The summed E-state index contributed by atoms with van der Waals surface area (Å²) in [6.07, 6.45) is -1.24. The number of hydrogen-bond donors (Lipinski definition) is 2. The van der Waals surface area contributed by atoms with Crippen molar-refractivity contribution in [2.45, 2.75) is 13.0 Å². The van der Waals surface area contributed by atoms with Crippen LogP contribution in [-0.2, 0) is 4.79 Å². The van der Waals surface area contributed by atoms with Crippen molar-refractivity contribution >= 4 is 11.7 Å². The zero-order valence-corrected chi connectivity index (χ0v) is 8.28. The van der Waals surface area contributed by atoms with E-state index in [0.29, 0.717) is 0 Å². The van der Waals surface area contributed by atoms with Crippen LogP contribution in [0.3, 0.4) is 0 Å². The number of benzene rings is 1. The third-order valence-corrected chi connectivity index (χ3v) is 1.79. The molecule has 1 atom stereocenters. The third kappa shape index (κ3) is 2.59. The lowest BCUT2D eigenvalue weighted by atomic mass is 10.2. The molecule has 0 spiro atoms. The van der Waals surface area contributed by atoms with E-state index in [4.69, 9.17) is 14.9 Å². The Bertz CT molecular complexity index is 430. The SMILES string of the molecule is CC(Oc1cc(O)ccc1[N+](=O)[O-])C(=O)O. The summed E-state index contributed by atoms with van der Waals surface area (Å²) in [7, 11) is 0. The maximum atomic E-state index is 10.6. The predicted molar refractivity (Wildman–Crippen MR) is 52.5 cm³/mol. The van der Waals surface area contributed by atoms with E-state index >= 15 is 0 Å². The van der Waals surface area contributed by atoms with Gasteiger partial charge in [0.05, 0.1) is 4.92 Å². The smallest absolute Gasteiger partial charge is 0.344 e. The molecule has 0 amide bonds. The molecule has 1 aromatic carbocycles. The molecule has 86 valence electrons. The van der Waals surface area contributed by atoms with Crippen molar-refractivity contribution in [3.05, 3.63) is 28.3 Å². The van der Waals surface area contributed by atoms with Gasteiger partial charge < -0.3 is 14.9 Å². The van der Waals surface area contributed by atoms with Crippen LogP contribution in [0.1, 0.15) is 6.92 Å². The molecule has 0 aliphatic heterocycles. The van der Waals surface area contributed by atoms with Gasteiger partial charge in [-0.1, -0.05) is 0 Å². The number of carboxylic acid groups (broad SMARTS) is 1. The minimum atomic E-state index is -1.25. The van der Waals surface area contributed by atoms with Crippen LogP contribution in [0.5, 0.6) is 11.5 Å². The molecule has 0 saturated carbocycles. The molecule has 0 saturated heterocycles. The average Bonchev–Trinajstić information content (AvgIpc) is 2.16. The number of nitro benzene ring substituents is 1. The van der Waals surface area contributed by atoms with E-state index in [1.165, 1.54) is 6.92 Å². The molecule has 0 aliphatic rings. The molecule has 16 heavy (non-hydrogen) atoms. The molecule has 2 N–H and O–H groups in total. The summed E-state index contributed by atoms with van der Waals surface area (Å²) in [5.41, 5.74) is -0.397. The first-order valence-electron chi connectivity index (χ1n) is 4.28. The summed E-state index contributed by atoms with van der Waals surface area (Å²) in [5.74, 6) is -1.77. The Kier molecular flexibility index (Phi) is 3.29. The highest BCUT2D eigenvalue weighted by Gasteiger charge is 2.20. The number of carboxylic acids is 1. The van der Waals surface area contributed by atoms with Crippen LogP contribution in [-0.4, -0.2) is 27.2 Å². The lowest BCUT2D eigenvalue weighted by Gasteiger charge is -2.10. The Morgan fingerprint density at radius 3 is 2.69 bits per heavy atom. The molecule has 0 fully saturated rings. The van der Waals surface area contributed by atoms with Gasteiger partial charge in [0.15, 0.2) is 6.10 Å². The highest BCUT2D eigenvalue weighted by molar-refractivity contribution is 5.72. The molecule has 7 nitrogen and oxygen atoms in total. The van der Waals surface area contributed by atoms with E-state index in [1.807, 2.05) is 0 Å². The van der Waals surface area contributed by atoms with Crippen molar-refractivity contribution in [1.29, 1.82) is 0 Å². The summed E-state index contributed by atoms with van der Waals surface area (Å²) in [4.78, 5) is 20.4. The Morgan fingerprint density at radius 1 is 1.56 bits per heavy atom. The first-order valence-corrected chi connectivity index (χ1v) is 4.28. The standard InChI is InChI=1S/C9H9NO6/c1-5(9(12)13)16-8-4-6(11)2-3-7(8)10(14)15/h2-5,11H,1H3,(H,12,13). The van der Waals surface area contributed by atoms with Crippen molar-refractivity contribution in [2.75, 3.05) is 0 Å². The number of ether oxygens (including phenoxy) is 1. The Hall–Kier alpha value is -2.31. The van der Waals surface area contributed by atoms with Gasteiger partial charge in [-0.3, -0.25) is 10.1 Å². The second kappa shape index (κ2) is 4.47. The second-order valence-corrected chi connectivity index (χ2v) is 3.01. The summed E-state index contributed by atoms with van der Waals surface area (Å²) >= 11 is 0. The number of phenolic OH excluding ortho intramolecular Hbond substituents is 1. The lowest BCUT2D eigenvalue weighted by molar-refractivity contribution is -0.386. The van der Waals surface area contributed by atoms with Crippen molar-refractivity contribution in [3.63, 3.8) is 0 Å². The van der Waals surface area contributed by atoms with Crippen molar-refractivity contribution in [3.8, 4) is 11.5 Å². The van der Waals surface area contributed by atoms with Crippen LogP contribution in [0.4, 0.5) is 5.69 Å². The van der Waals surface area contributed by atoms with E-state index < -0.39 is 22.7 Å². The van der Waals surface area contributed by atoms with Gasteiger partial charge in [0.1, 0.15) is 5.75 Å². The molecular formula is C9H9NO6. The van der Waals surface area contributed by atoms with Gasteiger partial charge in [-0.05, 0) is 13.0 Å². The fourth-order valence-electron chi connectivity index (χ4n) is 0.989. The van der Waals surface area contributed by atoms with E-state index in [-0.39, 0.29) is 11.5 Å². The average molecular weight is 227 g/mol. The molecule has 0 bridgehead atoms. The van der Waals surface area contributed by atoms with E-state index in [0.717, 1.165) is 18.2 Å². The number of aliphatic carboxylic acids is 1. The first-order chi connectivity index (χ1) is 7.41. The number of nitrogens with zero attached hydrogens (tertiary/aromatic N) is 1. The molecule has 1 rings (SSSR count). The maximum absolute atomic E-state index is 10.6. The first kappa shape index (κ1) is 11.8. The van der Waals surface area contributed by atoms with Gasteiger partial charge in [0.25, 0.3) is 0 Å². The summed E-state index contributed by atoms with van der Waals surface area (Å²) in [6.45, 7) is 1.23. The third-order valence-electron chi connectivity index (χ3n) is 1.79. The van der Waals surface area contributed by atoms with E-state index in [9.17, 15) is 14.9 Å². The minimum absolute atomic E-state index is 0.238. The van der Waals surface area contributed by atoms with Crippen molar-refractivity contribution in [2.24, 2.45) is 0 Å². The quantitative estimate of drug-likeness (QED) is 0.589. The predicted octanol–water partition coefficient (Wildman–Crippen LogP) is 1.15. The maximum Gasteiger partial charge on any atom is 0.344 e. The zero-order chi connectivity index (χ0) is 12.3. The molecule has 1 unspecified atom stereocenters. The van der Waals surface area contributed by atoms with Gasteiger partial charge in [-0.15, -0.1) is 0 Å². The second-order valence-electron chi connectivity index (χ2n) is 3.01. The molecule has 7 heteroatoms. The Balaban J connectivity index is 3.05. The number of phenols is 1. The van der Waals surface area contributed by atoms with Crippen LogP contribution in [0, 0.1) is 10.1 Å². The number of rotatable bonds is 4. The Morgan fingerprint density at radius 2 is 2.19 bits per heavy atom. The van der Waals surface area contributed by atoms with Crippen LogP contribution in [0.2, 0.25) is 0 Å². The number of nitro groups is 1. The van der Waals surface area contributed by atoms with Gasteiger partial charge in [-0.25, -0.2) is 4.79 Å². The molecule has 0 aliphatic carbocycles. The molecular weight excluding hydrogens is 218 g/mol.